The van der Waals surface area contributed by atoms with E-state index in [0.29, 0.717) is 6.54 Å². The molecule has 0 spiro atoms. The molecular weight excluding hydrogens is 308 g/mol. The first-order chi connectivity index (χ1) is 11.2. The average Bonchev–Trinajstić information content (AvgIpc) is 3.25. The van der Waals surface area contributed by atoms with E-state index < -0.39 is 0 Å². The zero-order valence-electron chi connectivity index (χ0n) is 12.5. The largest absolute Gasteiger partial charge is 0.369 e. The molecule has 2 aromatic heterocycles. The number of rotatable bonds is 3. The summed E-state index contributed by atoms with van der Waals surface area (Å²) in [5, 5.41) is 3.03. The Labute approximate surface area is 137 Å². The highest BCUT2D eigenvalue weighted by atomic mass is 32.1. The molecule has 3 aromatic rings. The minimum absolute atomic E-state index is 0.103. The Morgan fingerprint density at radius 3 is 2.83 bits per heavy atom. The molecule has 3 heterocycles. The van der Waals surface area contributed by atoms with E-state index in [4.69, 9.17) is 10.7 Å². The molecule has 1 amide bonds. The van der Waals surface area contributed by atoms with E-state index in [-0.39, 0.29) is 11.8 Å². The second-order valence-electron chi connectivity index (χ2n) is 5.70. The highest BCUT2D eigenvalue weighted by Gasteiger charge is 2.28. The Balaban J connectivity index is 1.83. The normalized spacial score (nSPS) is 17.7. The summed E-state index contributed by atoms with van der Waals surface area (Å²) in [4.78, 5) is 24.1. The molecule has 0 aliphatic carbocycles. The summed E-state index contributed by atoms with van der Waals surface area (Å²) >= 11 is 1.62. The number of nitrogens with zero attached hydrogens (tertiary/aromatic N) is 3. The SMILES string of the molecule is NC(=O)[C@@H]1CCN(c2nc(-c3cccs3)nc3ccccc23)C1. The summed E-state index contributed by atoms with van der Waals surface area (Å²) < 4.78 is 0. The van der Waals surface area contributed by atoms with E-state index >= 15 is 0 Å². The third-order valence-corrected chi connectivity index (χ3v) is 5.08. The highest BCUT2D eigenvalue weighted by molar-refractivity contribution is 7.13. The minimum atomic E-state index is -0.232. The van der Waals surface area contributed by atoms with Crippen LogP contribution in [-0.2, 0) is 4.79 Å². The van der Waals surface area contributed by atoms with Crippen molar-refractivity contribution >= 4 is 34.0 Å². The lowest BCUT2D eigenvalue weighted by atomic mass is 10.1. The summed E-state index contributed by atoms with van der Waals surface area (Å²) in [5.74, 6) is 1.29. The van der Waals surface area contributed by atoms with Crippen LogP contribution in [0.25, 0.3) is 21.6 Å². The van der Waals surface area contributed by atoms with Crippen LogP contribution in [0.3, 0.4) is 0 Å². The number of primary amides is 1. The molecule has 1 fully saturated rings. The molecule has 0 bridgehead atoms. The Morgan fingerprint density at radius 2 is 2.09 bits per heavy atom. The van der Waals surface area contributed by atoms with Crippen LogP contribution in [0.1, 0.15) is 6.42 Å². The molecule has 5 nitrogen and oxygen atoms in total. The van der Waals surface area contributed by atoms with Crippen LogP contribution >= 0.6 is 11.3 Å². The molecule has 1 aliphatic heterocycles. The lowest BCUT2D eigenvalue weighted by Gasteiger charge is -2.19. The van der Waals surface area contributed by atoms with Crippen LogP contribution in [-0.4, -0.2) is 29.0 Å². The molecule has 2 N–H and O–H groups in total. The summed E-state index contributed by atoms with van der Waals surface area (Å²) in [6, 6.07) is 12.0. The van der Waals surface area contributed by atoms with Crippen molar-refractivity contribution in [3.8, 4) is 10.7 Å². The van der Waals surface area contributed by atoms with Crippen molar-refractivity contribution in [3.05, 3.63) is 41.8 Å². The molecule has 1 aliphatic rings. The van der Waals surface area contributed by atoms with Gasteiger partial charge in [-0.15, -0.1) is 11.3 Å². The van der Waals surface area contributed by atoms with Gasteiger partial charge in [-0.1, -0.05) is 18.2 Å². The second-order valence-corrected chi connectivity index (χ2v) is 6.65. The maximum Gasteiger partial charge on any atom is 0.222 e. The number of amides is 1. The van der Waals surface area contributed by atoms with Crippen LogP contribution in [0.2, 0.25) is 0 Å². The zero-order valence-corrected chi connectivity index (χ0v) is 13.3. The van der Waals surface area contributed by atoms with Gasteiger partial charge >= 0.3 is 0 Å². The molecule has 4 rings (SSSR count). The van der Waals surface area contributed by atoms with E-state index in [2.05, 4.69) is 9.88 Å². The fourth-order valence-electron chi connectivity index (χ4n) is 3.00. The highest BCUT2D eigenvalue weighted by Crippen LogP contribution is 2.32. The molecule has 1 saturated heterocycles. The molecule has 0 radical (unpaired) electrons. The molecule has 1 aromatic carbocycles. The van der Waals surface area contributed by atoms with Crippen LogP contribution in [0.4, 0.5) is 5.82 Å². The number of para-hydroxylation sites is 1. The van der Waals surface area contributed by atoms with E-state index in [0.717, 1.165) is 40.4 Å². The Kier molecular flexibility index (Phi) is 3.46. The Bertz CT molecular complexity index is 862. The number of fused-ring (bicyclic) bond motifs is 1. The maximum absolute atomic E-state index is 11.5. The lowest BCUT2D eigenvalue weighted by molar-refractivity contribution is -0.121. The third kappa shape index (κ3) is 2.55. The quantitative estimate of drug-likeness (QED) is 0.804. The van der Waals surface area contributed by atoms with Crippen molar-refractivity contribution in [2.45, 2.75) is 6.42 Å². The third-order valence-electron chi connectivity index (χ3n) is 4.21. The second kappa shape index (κ2) is 5.62. The van der Waals surface area contributed by atoms with E-state index in [1.165, 1.54) is 0 Å². The van der Waals surface area contributed by atoms with Gasteiger partial charge in [0.25, 0.3) is 0 Å². The number of carbonyl (C=O) groups is 1. The summed E-state index contributed by atoms with van der Waals surface area (Å²) in [6.07, 6.45) is 0.780. The van der Waals surface area contributed by atoms with Crippen molar-refractivity contribution in [2.24, 2.45) is 11.7 Å². The van der Waals surface area contributed by atoms with E-state index in [1.807, 2.05) is 41.8 Å². The molecule has 0 unspecified atom stereocenters. The van der Waals surface area contributed by atoms with Gasteiger partial charge in [0.2, 0.25) is 5.91 Å². The van der Waals surface area contributed by atoms with Crippen LogP contribution in [0.15, 0.2) is 41.8 Å². The topological polar surface area (TPSA) is 72.1 Å². The molecule has 116 valence electrons. The summed E-state index contributed by atoms with van der Waals surface area (Å²) in [5.41, 5.74) is 6.38. The van der Waals surface area contributed by atoms with Gasteiger partial charge in [-0.05, 0) is 30.0 Å². The number of nitrogens with two attached hydrogens (primary N) is 1. The van der Waals surface area contributed by atoms with Crippen molar-refractivity contribution in [3.63, 3.8) is 0 Å². The van der Waals surface area contributed by atoms with Crippen LogP contribution < -0.4 is 10.6 Å². The predicted octanol–water partition coefficient (Wildman–Crippen LogP) is 2.67. The molecule has 0 saturated carbocycles. The van der Waals surface area contributed by atoms with Gasteiger partial charge < -0.3 is 10.6 Å². The monoisotopic (exact) mass is 324 g/mol. The van der Waals surface area contributed by atoms with E-state index in [1.54, 1.807) is 11.3 Å². The number of benzene rings is 1. The molecular formula is C17H16N4OS. The van der Waals surface area contributed by atoms with Gasteiger partial charge in [0.15, 0.2) is 5.82 Å². The number of thiophene rings is 1. The molecule has 1 atom stereocenters. The molecule has 6 heteroatoms. The Hall–Kier alpha value is -2.47. The zero-order chi connectivity index (χ0) is 15.8. The minimum Gasteiger partial charge on any atom is -0.369 e. The van der Waals surface area contributed by atoms with Gasteiger partial charge in [-0.2, -0.15) is 0 Å². The van der Waals surface area contributed by atoms with Gasteiger partial charge in [-0.25, -0.2) is 9.97 Å². The lowest BCUT2D eigenvalue weighted by Crippen LogP contribution is -2.28. The number of anilines is 1. The fraction of sp³-hybridized carbons (Fsp3) is 0.235. The number of carbonyl (C=O) groups excluding carboxylic acids is 1. The molecule has 23 heavy (non-hydrogen) atoms. The van der Waals surface area contributed by atoms with Gasteiger partial charge in [0.05, 0.1) is 16.3 Å². The van der Waals surface area contributed by atoms with Crippen molar-refractivity contribution in [1.82, 2.24) is 9.97 Å². The summed E-state index contributed by atoms with van der Waals surface area (Å²) in [6.45, 7) is 1.42. The standard InChI is InChI=1S/C17H16N4OS/c18-15(22)11-7-8-21(10-11)17-12-4-1-2-5-13(12)19-16(20-17)14-6-3-9-23-14/h1-6,9,11H,7-8,10H2,(H2,18,22)/t11-/m1/s1. The van der Waals surface area contributed by atoms with Crippen molar-refractivity contribution in [2.75, 3.05) is 18.0 Å². The van der Waals surface area contributed by atoms with Crippen LogP contribution in [0, 0.1) is 5.92 Å². The average molecular weight is 324 g/mol. The van der Waals surface area contributed by atoms with Gasteiger partial charge in [-0.3, -0.25) is 4.79 Å². The van der Waals surface area contributed by atoms with Crippen molar-refractivity contribution < 1.29 is 4.79 Å². The van der Waals surface area contributed by atoms with Gasteiger partial charge in [0.1, 0.15) is 5.82 Å². The summed E-state index contributed by atoms with van der Waals surface area (Å²) in [7, 11) is 0. The number of hydrogen-bond acceptors (Lipinski definition) is 5. The first-order valence-electron chi connectivity index (χ1n) is 7.57. The number of aromatic nitrogens is 2. The van der Waals surface area contributed by atoms with Crippen LogP contribution in [0.5, 0.6) is 0 Å². The first-order valence-corrected chi connectivity index (χ1v) is 8.45. The maximum atomic E-state index is 11.5. The van der Waals surface area contributed by atoms with E-state index in [9.17, 15) is 4.79 Å². The van der Waals surface area contributed by atoms with Crippen molar-refractivity contribution in [1.29, 1.82) is 0 Å². The van der Waals surface area contributed by atoms with Gasteiger partial charge in [0, 0.05) is 18.5 Å². The smallest absolute Gasteiger partial charge is 0.222 e. The number of hydrogen-bond donors (Lipinski definition) is 1. The fourth-order valence-corrected chi connectivity index (χ4v) is 3.66. The predicted molar refractivity (Wildman–Crippen MR) is 92.4 cm³/mol. The first kappa shape index (κ1) is 14.1. The Morgan fingerprint density at radius 1 is 1.22 bits per heavy atom.